The zero-order valence-corrected chi connectivity index (χ0v) is 19.7. The monoisotopic (exact) mass is 494 g/mol. The summed E-state index contributed by atoms with van der Waals surface area (Å²) >= 11 is 6.18. The first kappa shape index (κ1) is 23.5. The average Bonchev–Trinajstić information content (AvgIpc) is 3.22. The smallest absolute Gasteiger partial charge is 0.266 e. The van der Waals surface area contributed by atoms with E-state index >= 15 is 0 Å². The summed E-state index contributed by atoms with van der Waals surface area (Å²) in [5.74, 6) is -0.204. The number of alkyl halides is 2. The third kappa shape index (κ3) is 3.69. The highest BCUT2D eigenvalue weighted by molar-refractivity contribution is 6.28. The van der Waals surface area contributed by atoms with Crippen LogP contribution in [0.3, 0.4) is 0 Å². The molecule has 2 unspecified atom stereocenters. The Morgan fingerprint density at radius 1 is 1.21 bits per heavy atom. The maximum Gasteiger partial charge on any atom is 0.266 e. The summed E-state index contributed by atoms with van der Waals surface area (Å²) in [4.78, 5) is 24.1. The van der Waals surface area contributed by atoms with Crippen molar-refractivity contribution >= 4 is 23.2 Å². The zero-order chi connectivity index (χ0) is 24.2. The molecule has 6 nitrogen and oxygen atoms in total. The molecular formula is C24H26ClF3N4O2. The van der Waals surface area contributed by atoms with E-state index in [1.165, 1.54) is 12.1 Å². The number of benzene rings is 1. The topological polar surface area (TPSA) is 67.3 Å². The molecule has 0 saturated carbocycles. The molecule has 1 N–H and O–H groups in total. The van der Waals surface area contributed by atoms with Gasteiger partial charge in [0.2, 0.25) is 5.28 Å². The summed E-state index contributed by atoms with van der Waals surface area (Å²) in [7, 11) is 2.00. The van der Waals surface area contributed by atoms with Crippen molar-refractivity contribution in [1.29, 1.82) is 0 Å². The van der Waals surface area contributed by atoms with E-state index in [0.717, 1.165) is 17.3 Å². The van der Waals surface area contributed by atoms with E-state index in [1.54, 1.807) is 6.92 Å². The molecular weight excluding hydrogens is 469 g/mol. The second-order valence-electron chi connectivity index (χ2n) is 9.42. The Morgan fingerprint density at radius 2 is 1.91 bits per heavy atom. The third-order valence-electron chi connectivity index (χ3n) is 7.69. The molecule has 0 amide bonds. The van der Waals surface area contributed by atoms with Crippen molar-refractivity contribution in [3.8, 4) is 0 Å². The predicted octanol–water partition coefficient (Wildman–Crippen LogP) is 4.53. The second-order valence-corrected chi connectivity index (χ2v) is 9.75. The van der Waals surface area contributed by atoms with Gasteiger partial charge in [-0.25, -0.2) is 23.1 Å². The van der Waals surface area contributed by atoms with Crippen LogP contribution >= 0.6 is 11.6 Å². The number of likely N-dealkylation sites (N-methyl/N-ethyl adjacent to an activating group) is 1. The number of carbonyl (C=O) groups excluding carboxylic acids is 1. The first-order valence-electron chi connectivity index (χ1n) is 11.5. The number of Topliss-reactive ketones (excluding diaryl/α,β-unsaturated/α-hetero) is 1. The van der Waals surface area contributed by atoms with Crippen molar-refractivity contribution in [1.82, 2.24) is 14.9 Å². The molecule has 2 aromatic rings. The fraction of sp³-hybridized carbons (Fsp3) is 0.542. The second kappa shape index (κ2) is 8.77. The number of rotatable bonds is 5. The molecule has 3 atom stereocenters. The van der Waals surface area contributed by atoms with Crippen LogP contribution in [0.1, 0.15) is 54.6 Å². The van der Waals surface area contributed by atoms with Crippen LogP contribution < -0.4 is 5.32 Å². The predicted molar refractivity (Wildman–Crippen MR) is 121 cm³/mol. The van der Waals surface area contributed by atoms with Crippen LogP contribution in [0, 0.1) is 11.7 Å². The largest absolute Gasteiger partial charge is 0.381 e. The molecule has 10 heteroatoms. The van der Waals surface area contributed by atoms with Crippen LogP contribution in [0.15, 0.2) is 18.2 Å². The number of likely N-dealkylation sites (tertiary alicyclic amines) is 1. The summed E-state index contributed by atoms with van der Waals surface area (Å²) in [5, 5.41) is 3.19. The Hall–Kier alpha value is -2.23. The van der Waals surface area contributed by atoms with E-state index in [4.69, 9.17) is 16.3 Å². The average molecular weight is 495 g/mol. The van der Waals surface area contributed by atoms with Crippen LogP contribution in [-0.4, -0.2) is 52.5 Å². The molecule has 1 aromatic heterocycles. The van der Waals surface area contributed by atoms with E-state index in [9.17, 15) is 18.0 Å². The number of ketones is 1. The van der Waals surface area contributed by atoms with Gasteiger partial charge in [-0.05, 0) is 57.2 Å². The van der Waals surface area contributed by atoms with Crippen molar-refractivity contribution in [3.63, 3.8) is 0 Å². The molecule has 2 saturated heterocycles. The van der Waals surface area contributed by atoms with E-state index in [-0.39, 0.29) is 28.6 Å². The fourth-order valence-corrected chi connectivity index (χ4v) is 6.01. The normalized spacial score (nSPS) is 24.9. The minimum Gasteiger partial charge on any atom is -0.381 e. The fourth-order valence-electron chi connectivity index (χ4n) is 5.83. The van der Waals surface area contributed by atoms with Crippen LogP contribution in [0.2, 0.25) is 5.28 Å². The molecule has 0 radical (unpaired) electrons. The summed E-state index contributed by atoms with van der Waals surface area (Å²) < 4.78 is 46.4. The lowest BCUT2D eigenvalue weighted by molar-refractivity contribution is -0.172. The standard InChI is InChI=1S/C24H26ClF3N4O2/c1-12(14-4-3-5-15(18(14)26)21(27)28)29-22-16-10-13(11-17(16)30-23(25)31-22)19-20(33)24(32(19)2)6-8-34-9-7-24/h3-5,12-13,19,21H,6-11H2,1-2H3,(H,29,30,31)/t12-,13?,19?/m1/s1. The van der Waals surface area contributed by atoms with Crippen molar-refractivity contribution in [3.05, 3.63) is 51.7 Å². The number of hydrogen-bond donors (Lipinski definition) is 1. The van der Waals surface area contributed by atoms with E-state index in [2.05, 4.69) is 20.2 Å². The molecule has 3 aliphatic rings. The highest BCUT2D eigenvalue weighted by Crippen LogP contribution is 2.46. The molecule has 34 heavy (non-hydrogen) atoms. The minimum atomic E-state index is -2.90. The first-order chi connectivity index (χ1) is 16.2. The summed E-state index contributed by atoms with van der Waals surface area (Å²) in [6, 6.07) is 3.12. The van der Waals surface area contributed by atoms with E-state index in [0.29, 0.717) is 44.7 Å². The van der Waals surface area contributed by atoms with Crippen LogP contribution in [0.5, 0.6) is 0 Å². The van der Waals surface area contributed by atoms with Crippen molar-refractivity contribution in [2.24, 2.45) is 5.92 Å². The molecule has 1 aromatic carbocycles. The number of ether oxygens (including phenoxy) is 1. The third-order valence-corrected chi connectivity index (χ3v) is 7.86. The number of carbonyl (C=O) groups is 1. The van der Waals surface area contributed by atoms with Gasteiger partial charge < -0.3 is 10.1 Å². The number of hydrogen-bond acceptors (Lipinski definition) is 6. The Kier molecular flexibility index (Phi) is 6.06. The molecule has 182 valence electrons. The molecule has 1 aliphatic carbocycles. The van der Waals surface area contributed by atoms with Gasteiger partial charge in [-0.1, -0.05) is 18.2 Å². The Balaban J connectivity index is 1.37. The van der Waals surface area contributed by atoms with Gasteiger partial charge in [0.1, 0.15) is 11.6 Å². The molecule has 5 rings (SSSR count). The van der Waals surface area contributed by atoms with Crippen LogP contribution in [-0.2, 0) is 22.4 Å². The summed E-state index contributed by atoms with van der Waals surface area (Å²) in [5.41, 5.74) is 0.650. The number of nitrogens with zero attached hydrogens (tertiary/aromatic N) is 3. The van der Waals surface area contributed by atoms with Gasteiger partial charge in [-0.3, -0.25) is 9.69 Å². The van der Waals surface area contributed by atoms with Gasteiger partial charge in [0.15, 0.2) is 5.78 Å². The van der Waals surface area contributed by atoms with Gasteiger partial charge in [-0.15, -0.1) is 0 Å². The van der Waals surface area contributed by atoms with E-state index < -0.39 is 29.4 Å². The van der Waals surface area contributed by atoms with E-state index in [1.807, 2.05) is 7.05 Å². The lowest BCUT2D eigenvalue weighted by Gasteiger charge is -2.58. The van der Waals surface area contributed by atoms with Crippen molar-refractivity contribution in [2.75, 3.05) is 25.6 Å². The van der Waals surface area contributed by atoms with Crippen LogP contribution in [0.25, 0.3) is 0 Å². The molecule has 2 aliphatic heterocycles. The number of fused-ring (bicyclic) bond motifs is 1. The molecule has 2 fully saturated rings. The summed E-state index contributed by atoms with van der Waals surface area (Å²) in [6.45, 7) is 2.86. The Labute approximate surface area is 200 Å². The maximum atomic E-state index is 14.7. The van der Waals surface area contributed by atoms with Crippen molar-refractivity contribution < 1.29 is 22.7 Å². The number of aromatic nitrogens is 2. The van der Waals surface area contributed by atoms with Gasteiger partial charge in [0, 0.05) is 24.3 Å². The number of anilines is 1. The quantitative estimate of drug-likeness (QED) is 0.616. The van der Waals surface area contributed by atoms with Crippen LogP contribution in [0.4, 0.5) is 19.0 Å². The molecule has 0 bridgehead atoms. The number of nitrogens with one attached hydrogen (secondary N) is 1. The Morgan fingerprint density at radius 3 is 2.59 bits per heavy atom. The highest BCUT2D eigenvalue weighted by Gasteiger charge is 2.60. The van der Waals surface area contributed by atoms with Gasteiger partial charge in [-0.2, -0.15) is 0 Å². The zero-order valence-electron chi connectivity index (χ0n) is 19.0. The Bertz CT molecular complexity index is 1130. The molecule has 3 heterocycles. The lowest BCUT2D eigenvalue weighted by Crippen LogP contribution is -2.76. The van der Waals surface area contributed by atoms with Gasteiger partial charge in [0.05, 0.1) is 28.9 Å². The van der Waals surface area contributed by atoms with Crippen molar-refractivity contribution in [2.45, 2.75) is 56.7 Å². The van der Waals surface area contributed by atoms with Gasteiger partial charge in [0.25, 0.3) is 6.43 Å². The minimum absolute atomic E-state index is 0.0310. The maximum absolute atomic E-state index is 14.7. The SMILES string of the molecule is C[C@@H](Nc1nc(Cl)nc2c1CC(C1C(=O)C3(CCOCC3)N1C)C2)c1cccc(C(F)F)c1F. The first-order valence-corrected chi connectivity index (χ1v) is 11.8. The lowest BCUT2D eigenvalue weighted by atomic mass is 9.68. The number of halogens is 4. The van der Waals surface area contributed by atoms with Gasteiger partial charge >= 0.3 is 0 Å². The summed E-state index contributed by atoms with van der Waals surface area (Å²) in [6.07, 6.45) is -0.325. The highest BCUT2D eigenvalue weighted by atomic mass is 35.5. The molecule has 1 spiro atoms.